The fourth-order valence-electron chi connectivity index (χ4n) is 1.47. The molecule has 0 bridgehead atoms. The van der Waals surface area contributed by atoms with E-state index in [1.54, 1.807) is 0 Å². The van der Waals surface area contributed by atoms with Crippen molar-refractivity contribution in [2.45, 2.75) is 25.7 Å². The molecule has 0 unspecified atom stereocenters. The second kappa shape index (κ2) is 2.85. The Bertz CT molecular complexity index is 245. The second-order valence-electron chi connectivity index (χ2n) is 3.67. The van der Waals surface area contributed by atoms with Gasteiger partial charge in [-0.25, -0.2) is 0 Å². The van der Waals surface area contributed by atoms with Crippen LogP contribution in [-0.4, -0.2) is 12.1 Å². The lowest BCUT2D eigenvalue weighted by Crippen LogP contribution is -2.06. The van der Waals surface area contributed by atoms with Crippen molar-refractivity contribution in [3.05, 3.63) is 11.6 Å². The van der Waals surface area contributed by atoms with Gasteiger partial charge in [-0.2, -0.15) is 0 Å². The summed E-state index contributed by atoms with van der Waals surface area (Å²) in [6, 6.07) is 0. The Kier molecular flexibility index (Phi) is 1.83. The number of Topliss-reactive ketones (excluding diaryl/α,β-unsaturated/α-hetero) is 1. The van der Waals surface area contributed by atoms with Gasteiger partial charge >= 0.3 is 0 Å². The number of hydrogen-bond acceptors (Lipinski definition) is 2. The van der Waals surface area contributed by atoms with E-state index in [0.29, 0.717) is 5.92 Å². The number of carbonyl (C=O) groups excluding carboxylic acids is 2. The standard InChI is InChI=1S/C10H12O2/c11-6-5-9(7-1-2-7)10(12)8-3-4-8/h5-8H,1-4H2. The van der Waals surface area contributed by atoms with Crippen LogP contribution >= 0.6 is 0 Å². The monoisotopic (exact) mass is 164 g/mol. The molecular weight excluding hydrogens is 152 g/mol. The van der Waals surface area contributed by atoms with Crippen LogP contribution in [0.3, 0.4) is 0 Å². The van der Waals surface area contributed by atoms with Crippen LogP contribution in [-0.2, 0) is 9.59 Å². The Morgan fingerprint density at radius 2 is 1.67 bits per heavy atom. The summed E-state index contributed by atoms with van der Waals surface area (Å²) in [5, 5.41) is 0. The molecule has 2 saturated carbocycles. The predicted octanol–water partition coefficient (Wildman–Crippen LogP) is 1.50. The Morgan fingerprint density at radius 3 is 2.08 bits per heavy atom. The molecule has 0 saturated heterocycles. The van der Waals surface area contributed by atoms with Crippen LogP contribution in [0.25, 0.3) is 0 Å². The lowest BCUT2D eigenvalue weighted by molar-refractivity contribution is -0.117. The molecule has 12 heavy (non-hydrogen) atoms. The number of allylic oxidation sites excluding steroid dienone is 2. The summed E-state index contributed by atoms with van der Waals surface area (Å²) < 4.78 is 0. The largest absolute Gasteiger partial charge is 0.299 e. The quantitative estimate of drug-likeness (QED) is 0.466. The van der Waals surface area contributed by atoms with Crippen molar-refractivity contribution in [3.8, 4) is 0 Å². The van der Waals surface area contributed by atoms with E-state index in [9.17, 15) is 9.59 Å². The Labute approximate surface area is 71.6 Å². The molecule has 64 valence electrons. The van der Waals surface area contributed by atoms with Gasteiger partial charge in [0.05, 0.1) is 0 Å². The van der Waals surface area contributed by atoms with E-state index in [1.165, 1.54) is 6.08 Å². The molecular formula is C10H12O2. The highest BCUT2D eigenvalue weighted by Crippen LogP contribution is 2.42. The number of aldehydes is 1. The average molecular weight is 164 g/mol. The Morgan fingerprint density at radius 1 is 1.08 bits per heavy atom. The number of carbonyl (C=O) groups is 2. The molecule has 0 amide bonds. The van der Waals surface area contributed by atoms with Gasteiger partial charge in [-0.05, 0) is 37.7 Å². The maximum atomic E-state index is 11.5. The van der Waals surface area contributed by atoms with Crippen molar-refractivity contribution in [1.29, 1.82) is 0 Å². The third-order valence-electron chi connectivity index (χ3n) is 2.50. The molecule has 0 aromatic rings. The summed E-state index contributed by atoms with van der Waals surface area (Å²) >= 11 is 0. The summed E-state index contributed by atoms with van der Waals surface area (Å²) in [6.45, 7) is 0. The van der Waals surface area contributed by atoms with Gasteiger partial charge in [0, 0.05) is 11.5 Å². The summed E-state index contributed by atoms with van der Waals surface area (Å²) in [4.78, 5) is 21.8. The van der Waals surface area contributed by atoms with E-state index in [4.69, 9.17) is 0 Å². The van der Waals surface area contributed by atoms with Crippen LogP contribution in [0.15, 0.2) is 11.6 Å². The van der Waals surface area contributed by atoms with Crippen LogP contribution in [0.2, 0.25) is 0 Å². The molecule has 0 aliphatic heterocycles. The lowest BCUT2D eigenvalue weighted by Gasteiger charge is -2.00. The van der Waals surface area contributed by atoms with Gasteiger partial charge in [-0.15, -0.1) is 0 Å². The van der Waals surface area contributed by atoms with E-state index in [-0.39, 0.29) is 11.7 Å². The second-order valence-corrected chi connectivity index (χ2v) is 3.67. The normalized spacial score (nSPS) is 23.8. The molecule has 0 spiro atoms. The van der Waals surface area contributed by atoms with Crippen LogP contribution in [0.5, 0.6) is 0 Å². The molecule has 0 N–H and O–H groups in total. The SMILES string of the molecule is O=CC=C(C(=O)C1CC1)C1CC1. The van der Waals surface area contributed by atoms with E-state index in [2.05, 4.69) is 0 Å². The summed E-state index contributed by atoms with van der Waals surface area (Å²) in [7, 11) is 0. The Balaban J connectivity index is 2.08. The maximum absolute atomic E-state index is 11.5. The smallest absolute Gasteiger partial charge is 0.162 e. The van der Waals surface area contributed by atoms with Crippen molar-refractivity contribution in [2.75, 3.05) is 0 Å². The first-order valence-corrected chi connectivity index (χ1v) is 4.52. The van der Waals surface area contributed by atoms with Gasteiger partial charge in [0.15, 0.2) is 5.78 Å². The molecule has 2 heteroatoms. The van der Waals surface area contributed by atoms with E-state index in [1.807, 2.05) is 0 Å². The highest BCUT2D eigenvalue weighted by molar-refractivity contribution is 6.01. The van der Waals surface area contributed by atoms with Crippen molar-refractivity contribution < 1.29 is 9.59 Å². The maximum Gasteiger partial charge on any atom is 0.162 e. The predicted molar refractivity (Wildman–Crippen MR) is 44.6 cm³/mol. The van der Waals surface area contributed by atoms with Gasteiger partial charge in [-0.3, -0.25) is 9.59 Å². The molecule has 2 nitrogen and oxygen atoms in total. The van der Waals surface area contributed by atoms with Crippen LogP contribution in [0.1, 0.15) is 25.7 Å². The lowest BCUT2D eigenvalue weighted by atomic mass is 10.0. The van der Waals surface area contributed by atoms with Crippen LogP contribution in [0, 0.1) is 11.8 Å². The zero-order valence-corrected chi connectivity index (χ0v) is 6.95. The molecule has 2 aliphatic carbocycles. The molecule has 0 aromatic carbocycles. The molecule has 2 fully saturated rings. The zero-order chi connectivity index (χ0) is 8.55. The molecule has 2 aliphatic rings. The zero-order valence-electron chi connectivity index (χ0n) is 6.95. The first-order chi connectivity index (χ1) is 5.83. The minimum Gasteiger partial charge on any atom is -0.299 e. The van der Waals surface area contributed by atoms with E-state index in [0.717, 1.165) is 37.5 Å². The number of ketones is 1. The first kappa shape index (κ1) is 7.71. The highest BCUT2D eigenvalue weighted by Gasteiger charge is 2.37. The van der Waals surface area contributed by atoms with Crippen LogP contribution in [0.4, 0.5) is 0 Å². The average Bonchev–Trinajstić information content (AvgIpc) is 2.88. The molecule has 2 rings (SSSR count). The summed E-state index contributed by atoms with van der Waals surface area (Å²) in [5.74, 6) is 0.921. The fraction of sp³-hybridized carbons (Fsp3) is 0.600. The number of rotatable bonds is 4. The van der Waals surface area contributed by atoms with Crippen molar-refractivity contribution in [2.24, 2.45) is 11.8 Å². The third kappa shape index (κ3) is 1.47. The Hall–Kier alpha value is -0.920. The summed E-state index contributed by atoms with van der Waals surface area (Å²) in [6.07, 6.45) is 6.46. The third-order valence-corrected chi connectivity index (χ3v) is 2.50. The molecule has 0 aromatic heterocycles. The fourth-order valence-corrected chi connectivity index (χ4v) is 1.47. The minimum atomic E-state index is 0.240. The van der Waals surface area contributed by atoms with Gasteiger partial charge in [0.1, 0.15) is 6.29 Å². The van der Waals surface area contributed by atoms with E-state index >= 15 is 0 Å². The van der Waals surface area contributed by atoms with E-state index < -0.39 is 0 Å². The molecule has 0 atom stereocenters. The van der Waals surface area contributed by atoms with Crippen molar-refractivity contribution in [3.63, 3.8) is 0 Å². The van der Waals surface area contributed by atoms with Gasteiger partial charge < -0.3 is 0 Å². The summed E-state index contributed by atoms with van der Waals surface area (Å²) in [5.41, 5.74) is 0.799. The van der Waals surface area contributed by atoms with Crippen LogP contribution < -0.4 is 0 Å². The van der Waals surface area contributed by atoms with Gasteiger partial charge in [0.25, 0.3) is 0 Å². The number of hydrogen-bond donors (Lipinski definition) is 0. The van der Waals surface area contributed by atoms with Gasteiger partial charge in [-0.1, -0.05) is 0 Å². The first-order valence-electron chi connectivity index (χ1n) is 4.52. The molecule has 0 radical (unpaired) electrons. The van der Waals surface area contributed by atoms with Gasteiger partial charge in [0.2, 0.25) is 0 Å². The topological polar surface area (TPSA) is 34.1 Å². The van der Waals surface area contributed by atoms with Crippen molar-refractivity contribution >= 4 is 12.1 Å². The minimum absolute atomic E-state index is 0.240. The molecule has 0 heterocycles. The highest BCUT2D eigenvalue weighted by atomic mass is 16.1. The van der Waals surface area contributed by atoms with Crippen molar-refractivity contribution in [1.82, 2.24) is 0 Å².